The number of carbonyl (C=O) groups is 1. The van der Waals surface area contributed by atoms with Crippen LogP contribution >= 0.6 is 11.6 Å². The van der Waals surface area contributed by atoms with E-state index in [-0.39, 0.29) is 5.91 Å². The molecule has 0 aliphatic carbocycles. The Morgan fingerprint density at radius 2 is 1.87 bits per heavy atom. The smallest absolute Gasteiger partial charge is 0.252 e. The minimum absolute atomic E-state index is 0.0845. The van der Waals surface area contributed by atoms with Gasteiger partial charge in [0.1, 0.15) is 0 Å². The van der Waals surface area contributed by atoms with E-state index in [1.165, 1.54) is 0 Å². The van der Waals surface area contributed by atoms with Crippen molar-refractivity contribution in [3.05, 3.63) is 65.2 Å². The Hall–Kier alpha value is -2.39. The van der Waals surface area contributed by atoms with Crippen LogP contribution in [0.1, 0.15) is 23.7 Å². The summed E-state index contributed by atoms with van der Waals surface area (Å²) in [6, 6.07) is 17.0. The van der Waals surface area contributed by atoms with Gasteiger partial charge in [-0.2, -0.15) is 0 Å². The number of carbonyl (C=O) groups excluding carboxylic acids is 1. The van der Waals surface area contributed by atoms with Crippen molar-refractivity contribution < 1.29 is 4.79 Å². The fraction of sp³-hybridized carbons (Fsp3) is 0.158. The normalized spacial score (nSPS) is 10.7. The molecular formula is C19H17ClN2O. The molecule has 1 N–H and O–H groups in total. The minimum Gasteiger partial charge on any atom is -0.352 e. The van der Waals surface area contributed by atoms with E-state index in [0.717, 1.165) is 22.9 Å². The second-order valence-electron chi connectivity index (χ2n) is 5.31. The quantitative estimate of drug-likeness (QED) is 0.756. The minimum atomic E-state index is -0.0845. The molecule has 0 aliphatic rings. The summed E-state index contributed by atoms with van der Waals surface area (Å²) in [5.74, 6) is -0.0845. The van der Waals surface area contributed by atoms with Crippen molar-refractivity contribution in [1.29, 1.82) is 0 Å². The van der Waals surface area contributed by atoms with Crippen LogP contribution in [0.25, 0.3) is 22.2 Å². The highest BCUT2D eigenvalue weighted by atomic mass is 35.5. The van der Waals surface area contributed by atoms with Gasteiger partial charge < -0.3 is 5.32 Å². The van der Waals surface area contributed by atoms with Crippen LogP contribution in [-0.2, 0) is 0 Å². The van der Waals surface area contributed by atoms with Gasteiger partial charge >= 0.3 is 0 Å². The van der Waals surface area contributed by atoms with E-state index in [2.05, 4.69) is 10.3 Å². The van der Waals surface area contributed by atoms with E-state index >= 15 is 0 Å². The maximum Gasteiger partial charge on any atom is 0.252 e. The maximum absolute atomic E-state index is 12.5. The zero-order valence-corrected chi connectivity index (χ0v) is 13.6. The molecule has 1 amide bonds. The van der Waals surface area contributed by atoms with E-state index < -0.39 is 0 Å². The SMILES string of the molecule is CCCNC(=O)c1cc(-c2ccccc2Cl)nc2ccccc12. The summed E-state index contributed by atoms with van der Waals surface area (Å²) in [6.45, 7) is 2.68. The van der Waals surface area contributed by atoms with Crippen molar-refractivity contribution in [3.63, 3.8) is 0 Å². The van der Waals surface area contributed by atoms with E-state index in [1.54, 1.807) is 0 Å². The fourth-order valence-corrected chi connectivity index (χ4v) is 2.74. The van der Waals surface area contributed by atoms with Gasteiger partial charge in [0.15, 0.2) is 0 Å². The fourth-order valence-electron chi connectivity index (χ4n) is 2.50. The van der Waals surface area contributed by atoms with Gasteiger partial charge in [0.05, 0.1) is 16.8 Å². The Bertz CT molecular complexity index is 861. The van der Waals surface area contributed by atoms with Crippen molar-refractivity contribution in [2.45, 2.75) is 13.3 Å². The van der Waals surface area contributed by atoms with Gasteiger partial charge in [-0.25, -0.2) is 4.98 Å². The molecule has 3 aromatic rings. The van der Waals surface area contributed by atoms with E-state index in [0.29, 0.717) is 22.8 Å². The lowest BCUT2D eigenvalue weighted by Crippen LogP contribution is -2.24. The van der Waals surface area contributed by atoms with Gasteiger partial charge in [0, 0.05) is 22.5 Å². The van der Waals surface area contributed by atoms with Crippen molar-refractivity contribution in [2.24, 2.45) is 0 Å². The lowest BCUT2D eigenvalue weighted by atomic mass is 10.0. The van der Waals surface area contributed by atoms with E-state index in [9.17, 15) is 4.79 Å². The molecule has 0 bridgehead atoms. The number of hydrogen-bond donors (Lipinski definition) is 1. The first kappa shape index (κ1) is 15.5. The first-order chi connectivity index (χ1) is 11.2. The topological polar surface area (TPSA) is 42.0 Å². The average Bonchev–Trinajstić information content (AvgIpc) is 2.59. The number of pyridine rings is 1. The molecule has 23 heavy (non-hydrogen) atoms. The standard InChI is InChI=1S/C19H17ClN2O/c1-2-11-21-19(23)15-12-18(14-8-3-5-9-16(14)20)22-17-10-6-4-7-13(15)17/h3-10,12H,2,11H2,1H3,(H,21,23). The van der Waals surface area contributed by atoms with Crippen LogP contribution < -0.4 is 5.32 Å². The van der Waals surface area contributed by atoms with Gasteiger partial charge in [-0.15, -0.1) is 0 Å². The molecule has 2 aromatic carbocycles. The number of para-hydroxylation sites is 1. The number of nitrogens with zero attached hydrogens (tertiary/aromatic N) is 1. The van der Waals surface area contributed by atoms with Crippen LogP contribution in [0.2, 0.25) is 5.02 Å². The molecule has 0 radical (unpaired) electrons. The Morgan fingerprint density at radius 3 is 2.65 bits per heavy atom. The number of nitrogens with one attached hydrogen (secondary N) is 1. The van der Waals surface area contributed by atoms with E-state index in [4.69, 9.17) is 11.6 Å². The molecule has 0 fully saturated rings. The molecule has 0 atom stereocenters. The predicted molar refractivity (Wildman–Crippen MR) is 94.8 cm³/mol. The van der Waals surface area contributed by atoms with Gasteiger partial charge in [-0.3, -0.25) is 4.79 Å². The number of hydrogen-bond acceptors (Lipinski definition) is 2. The molecule has 4 heteroatoms. The molecule has 0 saturated carbocycles. The summed E-state index contributed by atoms with van der Waals surface area (Å²) in [5, 5.41) is 4.40. The lowest BCUT2D eigenvalue weighted by Gasteiger charge is -2.11. The number of fused-ring (bicyclic) bond motifs is 1. The molecule has 116 valence electrons. The first-order valence-corrected chi connectivity index (χ1v) is 8.01. The zero-order chi connectivity index (χ0) is 16.2. The number of aromatic nitrogens is 1. The van der Waals surface area contributed by atoms with Gasteiger partial charge in [0.25, 0.3) is 5.91 Å². The molecule has 1 aromatic heterocycles. The number of rotatable bonds is 4. The molecule has 0 aliphatic heterocycles. The molecular weight excluding hydrogens is 308 g/mol. The Kier molecular flexibility index (Phi) is 4.58. The van der Waals surface area contributed by atoms with Crippen molar-refractivity contribution in [2.75, 3.05) is 6.54 Å². The Labute approximate surface area is 140 Å². The van der Waals surface area contributed by atoms with E-state index in [1.807, 2.05) is 61.5 Å². The summed E-state index contributed by atoms with van der Waals surface area (Å²) >= 11 is 6.28. The van der Waals surface area contributed by atoms with Crippen LogP contribution in [0.3, 0.4) is 0 Å². The second-order valence-corrected chi connectivity index (χ2v) is 5.72. The van der Waals surface area contributed by atoms with Crippen LogP contribution in [0.15, 0.2) is 54.6 Å². The zero-order valence-electron chi connectivity index (χ0n) is 12.8. The monoisotopic (exact) mass is 324 g/mol. The molecule has 0 unspecified atom stereocenters. The third-order valence-electron chi connectivity index (χ3n) is 3.65. The molecule has 3 nitrogen and oxygen atoms in total. The summed E-state index contributed by atoms with van der Waals surface area (Å²) in [5.41, 5.74) is 2.94. The highest BCUT2D eigenvalue weighted by molar-refractivity contribution is 6.33. The van der Waals surface area contributed by atoms with Crippen LogP contribution in [0.4, 0.5) is 0 Å². The van der Waals surface area contributed by atoms with Crippen molar-refractivity contribution in [1.82, 2.24) is 10.3 Å². The van der Waals surface area contributed by atoms with Crippen LogP contribution in [0, 0.1) is 0 Å². The van der Waals surface area contributed by atoms with Gasteiger partial charge in [-0.05, 0) is 24.6 Å². The highest BCUT2D eigenvalue weighted by Crippen LogP contribution is 2.29. The van der Waals surface area contributed by atoms with Gasteiger partial charge in [-0.1, -0.05) is 54.9 Å². The largest absolute Gasteiger partial charge is 0.352 e. The number of amides is 1. The summed E-state index contributed by atoms with van der Waals surface area (Å²) < 4.78 is 0. The lowest BCUT2D eigenvalue weighted by molar-refractivity contribution is 0.0955. The summed E-state index contributed by atoms with van der Waals surface area (Å²) in [7, 11) is 0. The highest BCUT2D eigenvalue weighted by Gasteiger charge is 2.14. The second kappa shape index (κ2) is 6.80. The number of benzene rings is 2. The van der Waals surface area contributed by atoms with Crippen molar-refractivity contribution >= 4 is 28.4 Å². The first-order valence-electron chi connectivity index (χ1n) is 7.63. The molecule has 1 heterocycles. The third kappa shape index (κ3) is 3.20. The predicted octanol–water partition coefficient (Wildman–Crippen LogP) is 4.70. The molecule has 3 rings (SSSR count). The Morgan fingerprint density at radius 1 is 1.13 bits per heavy atom. The van der Waals surface area contributed by atoms with Crippen LogP contribution in [0.5, 0.6) is 0 Å². The van der Waals surface area contributed by atoms with Crippen molar-refractivity contribution in [3.8, 4) is 11.3 Å². The maximum atomic E-state index is 12.5. The Balaban J connectivity index is 2.18. The van der Waals surface area contributed by atoms with Gasteiger partial charge in [0.2, 0.25) is 0 Å². The summed E-state index contributed by atoms with van der Waals surface area (Å²) in [6.07, 6.45) is 0.895. The van der Waals surface area contributed by atoms with Crippen LogP contribution in [-0.4, -0.2) is 17.4 Å². The molecule has 0 saturated heterocycles. The summed E-state index contributed by atoms with van der Waals surface area (Å²) in [4.78, 5) is 17.2. The average molecular weight is 325 g/mol. The third-order valence-corrected chi connectivity index (χ3v) is 3.98. The molecule has 0 spiro atoms. The number of halogens is 1.